The second-order valence-electron chi connectivity index (χ2n) is 4.33. The molecule has 1 N–H and O–H groups in total. The number of nitrogens with one attached hydrogen (secondary N) is 1. The van der Waals surface area contributed by atoms with Gasteiger partial charge in [-0.1, -0.05) is 6.92 Å². The number of furan rings is 1. The van der Waals surface area contributed by atoms with E-state index in [1.165, 1.54) is 17.7 Å². The van der Waals surface area contributed by atoms with Gasteiger partial charge >= 0.3 is 0 Å². The lowest BCUT2D eigenvalue weighted by molar-refractivity contribution is 0.464. The quantitative estimate of drug-likeness (QED) is 0.856. The minimum Gasteiger partial charge on any atom is -0.468 e. The van der Waals surface area contributed by atoms with Crippen LogP contribution in [0.15, 0.2) is 21.6 Å². The largest absolute Gasteiger partial charge is 0.468 e. The Balaban J connectivity index is 1.99. The monoisotopic (exact) mass is 225 g/mol. The van der Waals surface area contributed by atoms with E-state index in [0.29, 0.717) is 6.04 Å². The zero-order chi connectivity index (χ0) is 10.8. The lowest BCUT2D eigenvalue weighted by Gasteiger charge is -2.19. The summed E-state index contributed by atoms with van der Waals surface area (Å²) in [5.74, 6) is 1.80. The maximum absolute atomic E-state index is 5.33. The van der Waals surface area contributed by atoms with Crippen molar-refractivity contribution in [1.29, 1.82) is 0 Å². The maximum Gasteiger partial charge on any atom is 0.114 e. The van der Waals surface area contributed by atoms with Crippen molar-refractivity contribution < 1.29 is 4.42 Å². The highest BCUT2D eigenvalue weighted by molar-refractivity contribution is 8.00. The highest BCUT2D eigenvalue weighted by Crippen LogP contribution is 2.40. The van der Waals surface area contributed by atoms with E-state index in [1.807, 2.05) is 18.7 Å². The zero-order valence-corrected chi connectivity index (χ0v) is 10.4. The molecule has 0 bridgehead atoms. The Hall–Kier alpha value is -0.410. The molecule has 2 nitrogen and oxygen atoms in total. The molecular weight excluding hydrogens is 206 g/mol. The molecule has 3 atom stereocenters. The molecule has 84 valence electrons. The van der Waals surface area contributed by atoms with Crippen molar-refractivity contribution in [1.82, 2.24) is 5.32 Å². The molecule has 3 heteroatoms. The molecule has 1 saturated carbocycles. The fraction of sp³-hybridized carbons (Fsp3) is 0.667. The summed E-state index contributed by atoms with van der Waals surface area (Å²) in [4.78, 5) is 1.31. The molecule has 0 aliphatic heterocycles. The Bertz CT molecular complexity index is 323. The second-order valence-corrected chi connectivity index (χ2v) is 5.61. The number of thioether (sulfide) groups is 1. The molecule has 0 saturated heterocycles. The number of hydrogen-bond donors (Lipinski definition) is 1. The van der Waals surface area contributed by atoms with Crippen molar-refractivity contribution in [2.75, 3.05) is 7.05 Å². The summed E-state index contributed by atoms with van der Waals surface area (Å²) in [5.41, 5.74) is 0. The normalized spacial score (nSPS) is 31.0. The zero-order valence-electron chi connectivity index (χ0n) is 9.62. The van der Waals surface area contributed by atoms with E-state index in [-0.39, 0.29) is 0 Å². The van der Waals surface area contributed by atoms with Crippen molar-refractivity contribution >= 4 is 11.8 Å². The van der Waals surface area contributed by atoms with Crippen LogP contribution in [0.4, 0.5) is 0 Å². The summed E-state index contributed by atoms with van der Waals surface area (Å²) in [6.07, 6.45) is 4.39. The van der Waals surface area contributed by atoms with Crippen LogP contribution < -0.4 is 5.32 Å². The molecule has 0 radical (unpaired) electrons. The van der Waals surface area contributed by atoms with Crippen LogP contribution in [0.25, 0.3) is 0 Å². The predicted octanol–water partition coefficient (Wildman–Crippen LogP) is 3.07. The molecule has 1 heterocycles. The topological polar surface area (TPSA) is 25.2 Å². The van der Waals surface area contributed by atoms with Crippen LogP contribution in [-0.4, -0.2) is 18.3 Å². The number of rotatable bonds is 3. The summed E-state index contributed by atoms with van der Waals surface area (Å²) in [6, 6.07) is 2.77. The van der Waals surface area contributed by atoms with E-state index in [0.717, 1.165) is 16.9 Å². The molecule has 1 aromatic rings. The van der Waals surface area contributed by atoms with E-state index >= 15 is 0 Å². The van der Waals surface area contributed by atoms with Crippen molar-refractivity contribution in [2.45, 2.75) is 42.9 Å². The van der Waals surface area contributed by atoms with Gasteiger partial charge in [-0.05, 0) is 38.8 Å². The Kier molecular flexibility index (Phi) is 3.42. The Morgan fingerprint density at radius 3 is 2.80 bits per heavy atom. The van der Waals surface area contributed by atoms with E-state index in [2.05, 4.69) is 25.4 Å². The van der Waals surface area contributed by atoms with Crippen LogP contribution in [0.5, 0.6) is 0 Å². The van der Waals surface area contributed by atoms with E-state index in [9.17, 15) is 0 Å². The second kappa shape index (κ2) is 4.62. The lowest BCUT2D eigenvalue weighted by Crippen LogP contribution is -2.29. The summed E-state index contributed by atoms with van der Waals surface area (Å²) in [7, 11) is 2.07. The van der Waals surface area contributed by atoms with Gasteiger partial charge in [0, 0.05) is 16.2 Å². The number of hydrogen-bond acceptors (Lipinski definition) is 3. The van der Waals surface area contributed by atoms with Crippen molar-refractivity contribution in [3.63, 3.8) is 0 Å². The highest BCUT2D eigenvalue weighted by Gasteiger charge is 2.32. The predicted molar refractivity (Wildman–Crippen MR) is 64.3 cm³/mol. The van der Waals surface area contributed by atoms with Gasteiger partial charge in [0.1, 0.15) is 5.76 Å². The van der Waals surface area contributed by atoms with E-state index in [1.54, 1.807) is 6.26 Å². The standard InChI is InChI=1S/C12H19NOS/c1-8-10(13-3)4-5-11(8)15-12-6-7-14-9(12)2/h6-8,10-11,13H,4-5H2,1-3H3. The first-order valence-corrected chi connectivity index (χ1v) is 6.48. The smallest absolute Gasteiger partial charge is 0.114 e. The lowest BCUT2D eigenvalue weighted by atomic mass is 10.1. The molecule has 1 aromatic heterocycles. The molecule has 15 heavy (non-hydrogen) atoms. The maximum atomic E-state index is 5.33. The molecule has 0 aromatic carbocycles. The van der Waals surface area contributed by atoms with Gasteiger partial charge in [0.2, 0.25) is 0 Å². The van der Waals surface area contributed by atoms with Gasteiger partial charge in [-0.25, -0.2) is 0 Å². The van der Waals surface area contributed by atoms with Crippen molar-refractivity contribution in [3.8, 4) is 0 Å². The molecule has 1 fully saturated rings. The molecule has 1 aliphatic rings. The average molecular weight is 225 g/mol. The average Bonchev–Trinajstić information content (AvgIpc) is 2.77. The minimum atomic E-state index is 0.690. The van der Waals surface area contributed by atoms with E-state index in [4.69, 9.17) is 4.42 Å². The van der Waals surface area contributed by atoms with Gasteiger partial charge in [-0.2, -0.15) is 0 Å². The summed E-state index contributed by atoms with van der Waals surface area (Å²) >= 11 is 1.98. The van der Waals surface area contributed by atoms with Crippen LogP contribution in [-0.2, 0) is 0 Å². The van der Waals surface area contributed by atoms with Gasteiger partial charge < -0.3 is 9.73 Å². The van der Waals surface area contributed by atoms with Crippen LogP contribution >= 0.6 is 11.8 Å². The molecule has 2 rings (SSSR count). The van der Waals surface area contributed by atoms with Gasteiger partial charge in [-0.15, -0.1) is 11.8 Å². The van der Waals surface area contributed by atoms with Gasteiger partial charge in [0.15, 0.2) is 0 Å². The van der Waals surface area contributed by atoms with Crippen LogP contribution in [0.1, 0.15) is 25.5 Å². The summed E-state index contributed by atoms with van der Waals surface area (Å²) < 4.78 is 5.33. The first kappa shape index (κ1) is 11.1. The first-order valence-electron chi connectivity index (χ1n) is 5.60. The first-order chi connectivity index (χ1) is 7.22. The van der Waals surface area contributed by atoms with E-state index < -0.39 is 0 Å². The van der Waals surface area contributed by atoms with Crippen molar-refractivity contribution in [2.24, 2.45) is 5.92 Å². The minimum absolute atomic E-state index is 0.690. The Morgan fingerprint density at radius 2 is 2.27 bits per heavy atom. The Morgan fingerprint density at radius 1 is 1.47 bits per heavy atom. The van der Waals surface area contributed by atoms with Crippen LogP contribution in [0, 0.1) is 12.8 Å². The van der Waals surface area contributed by atoms with Gasteiger partial charge in [-0.3, -0.25) is 0 Å². The van der Waals surface area contributed by atoms with Gasteiger partial charge in [0.25, 0.3) is 0 Å². The third-order valence-electron chi connectivity index (χ3n) is 3.44. The Labute approximate surface area is 95.8 Å². The third-order valence-corrected chi connectivity index (χ3v) is 5.09. The highest BCUT2D eigenvalue weighted by atomic mass is 32.2. The summed E-state index contributed by atoms with van der Waals surface area (Å²) in [6.45, 7) is 4.39. The van der Waals surface area contributed by atoms with Crippen LogP contribution in [0.3, 0.4) is 0 Å². The fourth-order valence-electron chi connectivity index (χ4n) is 2.36. The molecule has 1 aliphatic carbocycles. The molecule has 0 spiro atoms. The fourth-order valence-corrected chi connectivity index (χ4v) is 3.69. The number of aryl methyl sites for hydroxylation is 1. The SMILES string of the molecule is CNC1CCC(Sc2ccoc2C)C1C. The summed E-state index contributed by atoms with van der Waals surface area (Å²) in [5, 5.41) is 4.14. The third kappa shape index (κ3) is 2.23. The molecule has 0 amide bonds. The van der Waals surface area contributed by atoms with Crippen molar-refractivity contribution in [3.05, 3.63) is 18.1 Å². The van der Waals surface area contributed by atoms with Crippen LogP contribution in [0.2, 0.25) is 0 Å². The van der Waals surface area contributed by atoms with Gasteiger partial charge in [0.05, 0.1) is 6.26 Å². The molecule has 3 unspecified atom stereocenters. The molecular formula is C12H19NOS.